The van der Waals surface area contributed by atoms with E-state index in [1.165, 1.54) is 23.3 Å². The number of primary amides is 1. The van der Waals surface area contributed by atoms with Gasteiger partial charge in [0.1, 0.15) is 23.8 Å². The normalized spacial score (nSPS) is 15.6. The Morgan fingerprint density at radius 2 is 1.97 bits per heavy atom. The summed E-state index contributed by atoms with van der Waals surface area (Å²) in [6.45, 7) is 3.61. The molecule has 1 aliphatic carbocycles. The van der Waals surface area contributed by atoms with E-state index in [2.05, 4.69) is 9.97 Å². The van der Waals surface area contributed by atoms with Crippen LogP contribution in [0.25, 0.3) is 17.4 Å². The van der Waals surface area contributed by atoms with Crippen molar-refractivity contribution in [2.45, 2.75) is 70.1 Å². The van der Waals surface area contributed by atoms with Crippen molar-refractivity contribution in [3.8, 4) is 17.3 Å². The first-order chi connectivity index (χ1) is 18.3. The maximum absolute atomic E-state index is 13.6. The van der Waals surface area contributed by atoms with Crippen molar-refractivity contribution in [3.63, 3.8) is 0 Å². The number of hydrogen-bond acceptors (Lipinski definition) is 7. The van der Waals surface area contributed by atoms with E-state index in [1.54, 1.807) is 33.4 Å². The number of imidazole rings is 1. The molecule has 0 unspecified atom stereocenters. The van der Waals surface area contributed by atoms with E-state index in [0.717, 1.165) is 31.2 Å². The van der Waals surface area contributed by atoms with Crippen LogP contribution < -0.4 is 16.0 Å². The minimum atomic E-state index is -1.22. The lowest BCUT2D eigenvalue weighted by Gasteiger charge is -2.30. The first-order valence-electron chi connectivity index (χ1n) is 12.9. The fraction of sp³-hybridized carbons (Fsp3) is 0.429. The molecule has 1 saturated carbocycles. The van der Waals surface area contributed by atoms with Gasteiger partial charge in [-0.1, -0.05) is 37.5 Å². The summed E-state index contributed by atoms with van der Waals surface area (Å²) in [5, 5.41) is 0. The number of carbonyl (C=O) groups is 1. The van der Waals surface area contributed by atoms with Gasteiger partial charge in [-0.15, -0.1) is 0 Å². The molecule has 2 N–H and O–H groups in total. The predicted molar refractivity (Wildman–Crippen MR) is 141 cm³/mol. The Bertz CT molecular complexity index is 1480. The van der Waals surface area contributed by atoms with Gasteiger partial charge in [0.2, 0.25) is 17.6 Å². The Labute approximate surface area is 220 Å². The van der Waals surface area contributed by atoms with Crippen LogP contribution >= 0.6 is 0 Å². The van der Waals surface area contributed by atoms with Crippen molar-refractivity contribution >= 4 is 11.7 Å². The monoisotopic (exact) mass is 519 g/mol. The molecule has 200 valence electrons. The number of rotatable bonds is 9. The summed E-state index contributed by atoms with van der Waals surface area (Å²) in [5.41, 5.74) is 5.67. The van der Waals surface area contributed by atoms with Crippen LogP contribution in [0, 0.1) is 0 Å². The summed E-state index contributed by atoms with van der Waals surface area (Å²) in [6, 6.07) is 7.77. The Kier molecular flexibility index (Phi) is 7.07. The average Bonchev–Trinajstić information content (AvgIpc) is 3.61. The quantitative estimate of drug-likeness (QED) is 0.354. The second kappa shape index (κ2) is 10.4. The van der Waals surface area contributed by atoms with E-state index in [1.807, 2.05) is 28.8 Å². The van der Waals surface area contributed by atoms with Gasteiger partial charge in [0.15, 0.2) is 0 Å². The lowest BCUT2D eigenvalue weighted by Crippen LogP contribution is -2.41. The standard InChI is InChI=1S/C28H33N5O5/c1-28(2,26(29)35)20-15-32(27-31-21(16-33(27)25(20)34)24-30-13-14-37-24)17-23(38-18-9-5-4-6-10-18)19-11-7-8-12-22(19)36-3/h7-8,11-16,18,23H,4-6,9-10,17H2,1-3H3,(H2,29,35)/t23-/m0/s1. The van der Waals surface area contributed by atoms with Gasteiger partial charge in [0, 0.05) is 23.5 Å². The van der Waals surface area contributed by atoms with Crippen molar-refractivity contribution in [1.82, 2.24) is 18.9 Å². The molecule has 0 saturated heterocycles. The number of ether oxygens (including phenoxy) is 2. The molecule has 10 nitrogen and oxygen atoms in total. The maximum atomic E-state index is 13.6. The first-order valence-corrected chi connectivity index (χ1v) is 12.9. The Morgan fingerprint density at radius 1 is 1.21 bits per heavy atom. The largest absolute Gasteiger partial charge is 0.496 e. The van der Waals surface area contributed by atoms with E-state index >= 15 is 0 Å². The minimum Gasteiger partial charge on any atom is -0.496 e. The fourth-order valence-corrected chi connectivity index (χ4v) is 5.03. The molecule has 0 bridgehead atoms. The molecule has 10 heteroatoms. The number of methoxy groups -OCH3 is 1. The van der Waals surface area contributed by atoms with Gasteiger partial charge in [-0.25, -0.2) is 9.97 Å². The van der Waals surface area contributed by atoms with E-state index in [0.29, 0.717) is 23.8 Å². The Hall–Kier alpha value is -3.92. The summed E-state index contributed by atoms with van der Waals surface area (Å²) in [7, 11) is 1.64. The number of fused-ring (bicyclic) bond motifs is 1. The molecule has 3 heterocycles. The highest BCUT2D eigenvalue weighted by atomic mass is 16.5. The average molecular weight is 520 g/mol. The molecule has 38 heavy (non-hydrogen) atoms. The van der Waals surface area contributed by atoms with Crippen LogP contribution in [0.15, 0.2) is 58.3 Å². The van der Waals surface area contributed by atoms with Gasteiger partial charge in [-0.05, 0) is 32.8 Å². The number of para-hydroxylation sites is 1. The minimum absolute atomic E-state index is 0.109. The van der Waals surface area contributed by atoms with E-state index in [4.69, 9.17) is 19.6 Å². The number of benzene rings is 1. The summed E-state index contributed by atoms with van der Waals surface area (Å²) in [4.78, 5) is 34.8. The SMILES string of the molecule is COc1ccccc1[C@H](Cn1cc(C(C)(C)C(N)=O)c(=O)n2cc(-c3ncco3)nc12)OC1CCCCC1. The molecule has 1 fully saturated rings. The van der Waals surface area contributed by atoms with Crippen LogP contribution in [0.2, 0.25) is 0 Å². The summed E-state index contributed by atoms with van der Waals surface area (Å²) >= 11 is 0. The van der Waals surface area contributed by atoms with Gasteiger partial charge in [0.05, 0.1) is 31.4 Å². The molecule has 1 amide bonds. The molecule has 1 aliphatic rings. The molecule has 0 spiro atoms. The highest BCUT2D eigenvalue weighted by Crippen LogP contribution is 2.34. The second-order valence-electron chi connectivity index (χ2n) is 10.2. The Morgan fingerprint density at radius 3 is 2.66 bits per heavy atom. The molecular formula is C28H33N5O5. The van der Waals surface area contributed by atoms with Crippen LogP contribution in [0.3, 0.4) is 0 Å². The van der Waals surface area contributed by atoms with Gasteiger partial charge < -0.3 is 24.2 Å². The van der Waals surface area contributed by atoms with Crippen LogP contribution in [0.1, 0.15) is 63.2 Å². The van der Waals surface area contributed by atoms with E-state index in [-0.39, 0.29) is 23.1 Å². The van der Waals surface area contributed by atoms with E-state index < -0.39 is 17.4 Å². The number of oxazole rings is 1. The number of aromatic nitrogens is 4. The second-order valence-corrected chi connectivity index (χ2v) is 10.2. The topological polar surface area (TPSA) is 127 Å². The fourth-order valence-electron chi connectivity index (χ4n) is 5.03. The zero-order valence-electron chi connectivity index (χ0n) is 21.9. The Balaban J connectivity index is 1.67. The lowest BCUT2D eigenvalue weighted by atomic mass is 9.85. The molecular weight excluding hydrogens is 486 g/mol. The molecule has 3 aromatic heterocycles. The summed E-state index contributed by atoms with van der Waals surface area (Å²) in [6.07, 6.45) is 11.4. The predicted octanol–water partition coefficient (Wildman–Crippen LogP) is 4.01. The molecule has 0 aliphatic heterocycles. The highest BCUT2D eigenvalue weighted by molar-refractivity contribution is 5.85. The van der Waals surface area contributed by atoms with Crippen molar-refractivity contribution < 1.29 is 18.7 Å². The van der Waals surface area contributed by atoms with Crippen LogP contribution in [-0.4, -0.2) is 38.1 Å². The molecule has 5 rings (SSSR count). The number of amides is 1. The van der Waals surface area contributed by atoms with Gasteiger partial charge >= 0.3 is 0 Å². The van der Waals surface area contributed by atoms with Gasteiger partial charge in [-0.3, -0.25) is 14.0 Å². The van der Waals surface area contributed by atoms with Crippen LogP contribution in [0.5, 0.6) is 5.75 Å². The number of nitrogens with two attached hydrogens (primary N) is 1. The lowest BCUT2D eigenvalue weighted by molar-refractivity contribution is -0.122. The van der Waals surface area contributed by atoms with Crippen LogP contribution in [0.4, 0.5) is 0 Å². The number of nitrogens with zero attached hydrogens (tertiary/aromatic N) is 4. The molecule has 1 aromatic carbocycles. The first kappa shape index (κ1) is 25.7. The van der Waals surface area contributed by atoms with Crippen molar-refractivity contribution in [2.24, 2.45) is 5.73 Å². The van der Waals surface area contributed by atoms with Crippen molar-refractivity contribution in [2.75, 3.05) is 7.11 Å². The third kappa shape index (κ3) is 4.83. The van der Waals surface area contributed by atoms with Gasteiger partial charge in [-0.2, -0.15) is 0 Å². The van der Waals surface area contributed by atoms with Crippen LogP contribution in [-0.2, 0) is 21.5 Å². The number of hydrogen-bond donors (Lipinski definition) is 1. The maximum Gasteiger partial charge on any atom is 0.263 e. The smallest absolute Gasteiger partial charge is 0.263 e. The summed E-state index contributed by atoms with van der Waals surface area (Å²) in [5.74, 6) is 0.773. The van der Waals surface area contributed by atoms with Gasteiger partial charge in [0.25, 0.3) is 5.56 Å². The summed E-state index contributed by atoms with van der Waals surface area (Å²) < 4.78 is 21.1. The molecule has 4 aromatic rings. The van der Waals surface area contributed by atoms with Crippen molar-refractivity contribution in [1.29, 1.82) is 0 Å². The zero-order valence-corrected chi connectivity index (χ0v) is 21.9. The third-order valence-electron chi connectivity index (χ3n) is 7.38. The molecule has 0 radical (unpaired) electrons. The van der Waals surface area contributed by atoms with Crippen molar-refractivity contribution in [3.05, 3.63) is 70.6 Å². The van der Waals surface area contributed by atoms with E-state index in [9.17, 15) is 9.59 Å². The molecule has 1 atom stereocenters. The third-order valence-corrected chi connectivity index (χ3v) is 7.38. The number of carbonyl (C=O) groups excluding carboxylic acids is 1. The highest BCUT2D eigenvalue weighted by Gasteiger charge is 2.33. The zero-order chi connectivity index (χ0) is 26.9.